The van der Waals surface area contributed by atoms with E-state index in [0.717, 1.165) is 24.2 Å². The fourth-order valence-electron chi connectivity index (χ4n) is 4.32. The molecule has 2 heterocycles. The predicted molar refractivity (Wildman–Crippen MR) is 148 cm³/mol. The maximum atomic E-state index is 15.1. The Hall–Kier alpha value is -3.95. The van der Waals surface area contributed by atoms with Crippen molar-refractivity contribution < 1.29 is 31.9 Å². The van der Waals surface area contributed by atoms with E-state index >= 15 is 8.78 Å². The van der Waals surface area contributed by atoms with Crippen LogP contribution in [-0.4, -0.2) is 48.3 Å². The molecule has 0 N–H and O–H groups in total. The molecule has 1 saturated heterocycles. The van der Waals surface area contributed by atoms with E-state index in [2.05, 4.69) is 36.6 Å². The lowest BCUT2D eigenvalue weighted by atomic mass is 9.87. The molecule has 0 saturated carbocycles. The molecule has 0 unspecified atom stereocenters. The van der Waals surface area contributed by atoms with Crippen LogP contribution in [0, 0.1) is 35.1 Å². The first-order valence-corrected chi connectivity index (χ1v) is 16.6. The molecule has 41 heavy (non-hydrogen) atoms. The average molecular weight is 587 g/mol. The maximum Gasteiger partial charge on any atom is 0.332 e. The highest BCUT2D eigenvalue weighted by atomic mass is 28.3. The summed E-state index contributed by atoms with van der Waals surface area (Å²) >= 11 is 0. The van der Waals surface area contributed by atoms with Gasteiger partial charge in [-0.05, 0) is 37.2 Å². The van der Waals surface area contributed by atoms with Crippen molar-refractivity contribution in [3.63, 3.8) is 0 Å². The van der Waals surface area contributed by atoms with Crippen molar-refractivity contribution in [1.29, 1.82) is 0 Å². The van der Waals surface area contributed by atoms with Gasteiger partial charge in [0.05, 0.1) is 23.7 Å². The van der Waals surface area contributed by atoms with E-state index in [9.17, 15) is 18.4 Å². The number of urea groups is 1. The van der Waals surface area contributed by atoms with E-state index < -0.39 is 54.5 Å². The van der Waals surface area contributed by atoms with Gasteiger partial charge in [-0.3, -0.25) is 4.79 Å². The number of rotatable bonds is 7. The minimum atomic E-state index is -1.25. The Labute approximate surface area is 236 Å². The lowest BCUT2D eigenvalue weighted by Gasteiger charge is -2.45. The first-order chi connectivity index (χ1) is 19.2. The fraction of sp³-hybridized carbons (Fsp3) is 0.345. The minimum Gasteiger partial charge on any atom is -0.360 e. The highest BCUT2D eigenvalue weighted by Crippen LogP contribution is 2.39. The third-order valence-electron chi connectivity index (χ3n) is 6.97. The van der Waals surface area contributed by atoms with Gasteiger partial charge in [0.2, 0.25) is 5.91 Å². The molecule has 4 rings (SSSR count). The first kappa shape index (κ1) is 30.0. The van der Waals surface area contributed by atoms with Gasteiger partial charge in [-0.1, -0.05) is 37.5 Å². The molecule has 12 heteroatoms. The second-order valence-electron chi connectivity index (χ2n) is 11.3. The number of aromatic nitrogens is 2. The Kier molecular flexibility index (Phi) is 8.42. The summed E-state index contributed by atoms with van der Waals surface area (Å²) in [7, 11) is 0.188. The molecule has 0 radical (unpaired) electrons. The van der Waals surface area contributed by atoms with Gasteiger partial charge in [-0.25, -0.2) is 31.9 Å². The molecule has 1 atom stereocenters. The van der Waals surface area contributed by atoms with Crippen LogP contribution in [0.3, 0.4) is 0 Å². The van der Waals surface area contributed by atoms with Crippen LogP contribution in [0.4, 0.5) is 28.0 Å². The molecule has 0 bridgehead atoms. The largest absolute Gasteiger partial charge is 0.360 e. The number of ether oxygens (including phenoxy) is 1. The molecule has 0 spiro atoms. The van der Waals surface area contributed by atoms with Crippen molar-refractivity contribution in [1.82, 2.24) is 14.7 Å². The second-order valence-corrected chi connectivity index (χ2v) is 16.9. The fourth-order valence-corrected chi connectivity index (χ4v) is 5.07. The lowest BCUT2D eigenvalue weighted by molar-refractivity contribution is -0.122. The molecule has 1 aliphatic heterocycles. The summed E-state index contributed by atoms with van der Waals surface area (Å²) in [6.07, 6.45) is 2.94. The molecule has 0 aliphatic carbocycles. The number of anilines is 1. The molecule has 7 nitrogen and oxygen atoms in total. The van der Waals surface area contributed by atoms with Gasteiger partial charge < -0.3 is 9.64 Å². The smallest absolute Gasteiger partial charge is 0.332 e. The highest BCUT2D eigenvalue weighted by Gasteiger charge is 2.48. The zero-order valence-corrected chi connectivity index (χ0v) is 24.4. The van der Waals surface area contributed by atoms with Crippen LogP contribution in [-0.2, 0) is 21.8 Å². The van der Waals surface area contributed by atoms with Crippen molar-refractivity contribution in [2.45, 2.75) is 51.3 Å². The standard InChI is InChI=1S/C29H30F4N4O3Si/c1-29(21-16-34-36(17-21)18-40-11-12-41(3,4)5)15-25(38)37(28(39)35(29)2)27-23(31)13-19(14-24(27)32)9-10-20-7-6-8-22(30)26(20)33/h6-8,13-14,16-17H,11-12,15,18H2,1-5H3/t29-/m0/s1. The Morgan fingerprint density at radius 3 is 2.39 bits per heavy atom. The molecular weight excluding hydrogens is 556 g/mol. The van der Waals surface area contributed by atoms with Gasteiger partial charge in [0, 0.05) is 39.1 Å². The molecule has 1 aromatic heterocycles. The van der Waals surface area contributed by atoms with E-state index in [1.807, 2.05) is 0 Å². The van der Waals surface area contributed by atoms with Crippen molar-refractivity contribution >= 4 is 25.7 Å². The van der Waals surface area contributed by atoms with Gasteiger partial charge in [0.15, 0.2) is 23.3 Å². The Morgan fingerprint density at radius 2 is 1.73 bits per heavy atom. The maximum absolute atomic E-state index is 15.1. The van der Waals surface area contributed by atoms with Crippen molar-refractivity contribution in [3.8, 4) is 11.8 Å². The lowest BCUT2D eigenvalue weighted by Crippen LogP contribution is -2.60. The number of hydrogen-bond acceptors (Lipinski definition) is 4. The van der Waals surface area contributed by atoms with Crippen molar-refractivity contribution in [2.24, 2.45) is 0 Å². The zero-order valence-electron chi connectivity index (χ0n) is 23.4. The topological polar surface area (TPSA) is 67.7 Å². The third kappa shape index (κ3) is 6.36. The first-order valence-electron chi connectivity index (χ1n) is 12.9. The third-order valence-corrected chi connectivity index (χ3v) is 8.68. The van der Waals surface area contributed by atoms with Crippen molar-refractivity contribution in [2.75, 3.05) is 18.6 Å². The van der Waals surface area contributed by atoms with E-state index in [-0.39, 0.29) is 24.3 Å². The molecule has 3 amide bonds. The monoisotopic (exact) mass is 586 g/mol. The van der Waals surface area contributed by atoms with Gasteiger partial charge in [0.1, 0.15) is 12.4 Å². The van der Waals surface area contributed by atoms with Gasteiger partial charge in [-0.2, -0.15) is 5.10 Å². The zero-order chi connectivity index (χ0) is 30.1. The Balaban J connectivity index is 1.54. The number of hydrogen-bond donors (Lipinski definition) is 0. The van der Waals surface area contributed by atoms with Crippen LogP contribution in [0.5, 0.6) is 0 Å². The Bertz CT molecular complexity index is 1540. The number of benzene rings is 2. The Morgan fingerprint density at radius 1 is 1.05 bits per heavy atom. The SMILES string of the molecule is CN1C(=O)N(c2c(F)cc(C#Cc3cccc(F)c3F)cc2F)C(=O)C[C@@]1(C)c1cnn(COCC[Si](C)(C)C)c1. The highest BCUT2D eigenvalue weighted by molar-refractivity contribution is 6.76. The number of imide groups is 1. The van der Waals surface area contributed by atoms with Gasteiger partial charge in [-0.15, -0.1) is 0 Å². The second kappa shape index (κ2) is 11.5. The molecular formula is C29H30F4N4O3Si. The number of carbonyl (C=O) groups is 2. The normalized spacial score (nSPS) is 17.6. The predicted octanol–water partition coefficient (Wildman–Crippen LogP) is 5.86. The summed E-state index contributed by atoms with van der Waals surface area (Å²) in [5, 5.41) is 4.28. The van der Waals surface area contributed by atoms with Crippen LogP contribution in [0.1, 0.15) is 30.0 Å². The number of nitrogens with zero attached hydrogens (tertiary/aromatic N) is 4. The summed E-state index contributed by atoms with van der Waals surface area (Å²) in [4.78, 5) is 28.3. The van der Waals surface area contributed by atoms with E-state index in [1.165, 1.54) is 30.3 Å². The molecule has 1 aliphatic rings. The number of amides is 3. The van der Waals surface area contributed by atoms with Gasteiger partial charge in [0.25, 0.3) is 0 Å². The van der Waals surface area contributed by atoms with Crippen LogP contribution < -0.4 is 4.90 Å². The van der Waals surface area contributed by atoms with Crippen molar-refractivity contribution in [3.05, 3.63) is 82.7 Å². The van der Waals surface area contributed by atoms with Gasteiger partial charge >= 0.3 is 6.03 Å². The molecule has 216 valence electrons. The number of carbonyl (C=O) groups excluding carboxylic acids is 2. The van der Waals surface area contributed by atoms with E-state index in [0.29, 0.717) is 17.1 Å². The quantitative estimate of drug-likeness (QED) is 0.151. The van der Waals surface area contributed by atoms with E-state index in [4.69, 9.17) is 4.74 Å². The summed E-state index contributed by atoms with van der Waals surface area (Å²) in [5.74, 6) is -0.819. The number of halogens is 4. The van der Waals surface area contributed by atoms with Crippen LogP contribution >= 0.6 is 0 Å². The van der Waals surface area contributed by atoms with E-state index in [1.54, 1.807) is 17.8 Å². The summed E-state index contributed by atoms with van der Waals surface area (Å²) < 4.78 is 64.9. The average Bonchev–Trinajstić information content (AvgIpc) is 3.37. The molecule has 3 aromatic rings. The summed E-state index contributed by atoms with van der Waals surface area (Å²) in [6.45, 7) is 9.21. The summed E-state index contributed by atoms with van der Waals surface area (Å²) in [5.41, 5.74) is -1.90. The van der Waals surface area contributed by atoms with Crippen LogP contribution in [0.25, 0.3) is 0 Å². The summed E-state index contributed by atoms with van der Waals surface area (Å²) in [6, 6.07) is 5.09. The minimum absolute atomic E-state index is 0.193. The van der Waals surface area contributed by atoms with Crippen LogP contribution in [0.15, 0.2) is 42.7 Å². The molecule has 2 aromatic carbocycles. The molecule has 1 fully saturated rings. The van der Waals surface area contributed by atoms with Crippen LogP contribution in [0.2, 0.25) is 25.7 Å².